The Balaban J connectivity index is 1.31. The smallest absolute Gasteiger partial charge is 0.258 e. The fourth-order valence-corrected chi connectivity index (χ4v) is 7.28. The SMILES string of the molecule is CCc1cc(NC(=O)C(N=Nc2cc(C(=O)Nc3ccccc3CCCl)ccc2Cl)C(C)=O)c(CC)cc1NC(=O)C(N=Nc1cc(C(=O)Nc2ccccc2CCCl)ccc1Cl)C(C)=O. The molecule has 0 aromatic heterocycles. The zero-order chi connectivity index (χ0) is 47.9. The summed E-state index contributed by atoms with van der Waals surface area (Å²) < 4.78 is 0. The molecule has 0 saturated heterocycles. The van der Waals surface area contributed by atoms with Crippen molar-refractivity contribution in [2.24, 2.45) is 20.5 Å². The van der Waals surface area contributed by atoms with Crippen LogP contribution in [0.5, 0.6) is 0 Å². The maximum Gasteiger partial charge on any atom is 0.258 e. The van der Waals surface area contributed by atoms with Crippen molar-refractivity contribution in [2.75, 3.05) is 33.0 Å². The Hall–Kier alpha value is -6.32. The van der Waals surface area contributed by atoms with Gasteiger partial charge < -0.3 is 21.3 Å². The quantitative estimate of drug-likeness (QED) is 0.0340. The summed E-state index contributed by atoms with van der Waals surface area (Å²) in [7, 11) is 0. The Bertz CT molecular complexity index is 2530. The van der Waals surface area contributed by atoms with E-state index in [1.807, 2.05) is 38.1 Å². The van der Waals surface area contributed by atoms with E-state index < -0.39 is 47.3 Å². The predicted octanol–water partition coefficient (Wildman–Crippen LogP) is 11.5. The minimum atomic E-state index is -1.58. The Morgan fingerprint density at radius 3 is 1.23 bits per heavy atom. The first kappa shape index (κ1) is 50.7. The largest absolute Gasteiger partial charge is 0.323 e. The number of ketones is 2. The average Bonchev–Trinajstić information content (AvgIpc) is 3.29. The lowest BCUT2D eigenvalue weighted by Gasteiger charge is -2.18. The zero-order valence-corrected chi connectivity index (χ0v) is 39.4. The van der Waals surface area contributed by atoms with E-state index in [0.29, 0.717) is 71.3 Å². The van der Waals surface area contributed by atoms with Crippen molar-refractivity contribution in [2.45, 2.75) is 65.5 Å². The van der Waals surface area contributed by atoms with Crippen molar-refractivity contribution in [1.29, 1.82) is 0 Å². The third-order valence-corrected chi connectivity index (χ3v) is 11.1. The van der Waals surface area contributed by atoms with Crippen LogP contribution in [0.3, 0.4) is 0 Å². The normalized spacial score (nSPS) is 12.1. The molecule has 5 aromatic carbocycles. The van der Waals surface area contributed by atoms with Crippen LogP contribution in [0.1, 0.15) is 70.7 Å². The number of rotatable bonds is 20. The van der Waals surface area contributed by atoms with Gasteiger partial charge in [0.1, 0.15) is 11.4 Å². The van der Waals surface area contributed by atoms with Gasteiger partial charge in [0, 0.05) is 45.6 Å². The Morgan fingerprint density at radius 1 is 0.500 bits per heavy atom. The van der Waals surface area contributed by atoms with Gasteiger partial charge in [-0.05, 0) is 122 Å². The third kappa shape index (κ3) is 13.4. The maximum absolute atomic E-state index is 13.7. The minimum Gasteiger partial charge on any atom is -0.323 e. The van der Waals surface area contributed by atoms with Crippen LogP contribution < -0.4 is 21.3 Å². The summed E-state index contributed by atoms with van der Waals surface area (Å²) in [5, 5.41) is 27.8. The van der Waals surface area contributed by atoms with Gasteiger partial charge >= 0.3 is 0 Å². The monoisotopic (exact) mass is 970 g/mol. The number of para-hydroxylation sites is 2. The van der Waals surface area contributed by atoms with Gasteiger partial charge in [-0.15, -0.1) is 23.2 Å². The molecular formula is C48H46Cl4N8O6. The van der Waals surface area contributed by atoms with Crippen molar-refractivity contribution < 1.29 is 28.8 Å². The van der Waals surface area contributed by atoms with E-state index >= 15 is 0 Å². The minimum absolute atomic E-state index is 0.0587. The fraction of sp³-hybridized carbons (Fsp3) is 0.250. The second-order valence-corrected chi connectivity index (χ2v) is 16.3. The van der Waals surface area contributed by atoms with E-state index in [-0.39, 0.29) is 32.5 Å². The molecule has 0 aliphatic rings. The van der Waals surface area contributed by atoms with Crippen LogP contribution in [0.15, 0.2) is 118 Å². The van der Waals surface area contributed by atoms with Gasteiger partial charge in [0.25, 0.3) is 23.6 Å². The highest BCUT2D eigenvalue weighted by molar-refractivity contribution is 6.33. The molecule has 342 valence electrons. The van der Waals surface area contributed by atoms with Crippen LogP contribution in [0, 0.1) is 0 Å². The number of anilines is 4. The van der Waals surface area contributed by atoms with Gasteiger partial charge in [-0.2, -0.15) is 20.5 Å². The summed E-state index contributed by atoms with van der Waals surface area (Å²) in [4.78, 5) is 79.3. The van der Waals surface area contributed by atoms with Crippen molar-refractivity contribution in [1.82, 2.24) is 0 Å². The molecule has 0 bridgehead atoms. The van der Waals surface area contributed by atoms with Crippen molar-refractivity contribution >= 4 is 116 Å². The number of azo groups is 2. The molecule has 0 aliphatic carbocycles. The molecule has 2 unspecified atom stereocenters. The zero-order valence-electron chi connectivity index (χ0n) is 36.4. The molecule has 0 heterocycles. The Kier molecular flexibility index (Phi) is 18.6. The summed E-state index contributed by atoms with van der Waals surface area (Å²) >= 11 is 24.7. The lowest BCUT2D eigenvalue weighted by Crippen LogP contribution is -2.33. The van der Waals surface area contributed by atoms with Crippen LogP contribution in [-0.4, -0.2) is 59.0 Å². The van der Waals surface area contributed by atoms with Gasteiger partial charge in [0.05, 0.1) is 10.0 Å². The molecule has 0 spiro atoms. The number of Topliss-reactive ketones (excluding diaryl/α,β-unsaturated/α-hetero) is 2. The molecule has 5 rings (SSSR count). The van der Waals surface area contributed by atoms with Crippen LogP contribution in [-0.2, 0) is 44.9 Å². The molecule has 2 atom stereocenters. The first-order valence-electron chi connectivity index (χ1n) is 20.8. The Morgan fingerprint density at radius 2 is 0.879 bits per heavy atom. The standard InChI is InChI=1S/C48H46Cl4N8O6/c1-5-29-23-40(56-48(66)44(28(4)62)60-58-42-26-34(16-18-36(42)52)46(64)54-38-14-10-8-12-32(38)20-22-50)30(6-2)24-39(29)55-47(65)43(27(3)61)59-57-41-25-33(15-17-35(41)51)45(63)53-37-13-9-7-11-31(37)19-21-49/h7-18,23-26,43-44H,5-6,19-22H2,1-4H3,(H,53,63)(H,54,64)(H,55,65)(H,56,66). The molecule has 0 aliphatic heterocycles. The number of carbonyl (C=O) groups excluding carboxylic acids is 6. The number of carbonyl (C=O) groups is 6. The van der Waals surface area contributed by atoms with E-state index in [1.165, 1.54) is 50.2 Å². The first-order valence-corrected chi connectivity index (χ1v) is 22.6. The molecule has 4 N–H and O–H groups in total. The number of halogens is 4. The number of amides is 4. The van der Waals surface area contributed by atoms with E-state index in [9.17, 15) is 28.8 Å². The predicted molar refractivity (Wildman–Crippen MR) is 261 cm³/mol. The van der Waals surface area contributed by atoms with E-state index in [4.69, 9.17) is 46.4 Å². The highest BCUT2D eigenvalue weighted by Gasteiger charge is 2.27. The molecule has 0 radical (unpaired) electrons. The van der Waals surface area contributed by atoms with Gasteiger partial charge in [0.2, 0.25) is 12.1 Å². The molecule has 14 nitrogen and oxygen atoms in total. The van der Waals surface area contributed by atoms with E-state index in [1.54, 1.807) is 36.4 Å². The highest BCUT2D eigenvalue weighted by Crippen LogP contribution is 2.31. The number of hydrogen-bond acceptors (Lipinski definition) is 10. The van der Waals surface area contributed by atoms with Crippen molar-refractivity contribution in [3.8, 4) is 0 Å². The van der Waals surface area contributed by atoms with Crippen LogP contribution in [0.2, 0.25) is 10.0 Å². The number of nitrogens with one attached hydrogen (secondary N) is 4. The number of aryl methyl sites for hydroxylation is 4. The van der Waals surface area contributed by atoms with Crippen molar-refractivity contribution in [3.05, 3.63) is 140 Å². The van der Waals surface area contributed by atoms with Crippen LogP contribution in [0.4, 0.5) is 34.1 Å². The summed E-state index contributed by atoms with van der Waals surface area (Å²) in [6.07, 6.45) is 1.86. The summed E-state index contributed by atoms with van der Waals surface area (Å²) in [6, 6.07) is 23.4. The number of nitrogens with zero attached hydrogens (tertiary/aromatic N) is 4. The highest BCUT2D eigenvalue weighted by atomic mass is 35.5. The van der Waals surface area contributed by atoms with Gasteiger partial charge in [0.15, 0.2) is 11.6 Å². The average molecular weight is 973 g/mol. The number of benzene rings is 5. The molecular weight excluding hydrogens is 926 g/mol. The lowest BCUT2D eigenvalue weighted by atomic mass is 10.0. The molecule has 5 aromatic rings. The topological polar surface area (TPSA) is 200 Å². The fourth-order valence-electron chi connectivity index (χ4n) is 6.56. The first-order chi connectivity index (χ1) is 31.7. The lowest BCUT2D eigenvalue weighted by molar-refractivity contribution is -0.127. The van der Waals surface area contributed by atoms with E-state index in [0.717, 1.165) is 11.1 Å². The van der Waals surface area contributed by atoms with Gasteiger partial charge in [-0.25, -0.2) is 0 Å². The van der Waals surface area contributed by atoms with Crippen LogP contribution >= 0.6 is 46.4 Å². The second-order valence-electron chi connectivity index (χ2n) is 14.7. The molecule has 66 heavy (non-hydrogen) atoms. The number of alkyl halides is 2. The molecule has 18 heteroatoms. The maximum atomic E-state index is 13.7. The van der Waals surface area contributed by atoms with Crippen LogP contribution in [0.25, 0.3) is 0 Å². The van der Waals surface area contributed by atoms with Gasteiger partial charge in [-0.1, -0.05) is 73.4 Å². The summed E-state index contributed by atoms with van der Waals surface area (Å²) in [5.41, 5.74) is 5.32. The molecule has 0 fully saturated rings. The number of hydrogen-bond donors (Lipinski definition) is 4. The van der Waals surface area contributed by atoms with Gasteiger partial charge in [-0.3, -0.25) is 28.8 Å². The Labute approximate surface area is 402 Å². The van der Waals surface area contributed by atoms with E-state index in [2.05, 4.69) is 41.7 Å². The molecule has 4 amide bonds. The summed E-state index contributed by atoms with van der Waals surface area (Å²) in [5.74, 6) is -2.93. The second kappa shape index (κ2) is 24.3. The van der Waals surface area contributed by atoms with Crippen molar-refractivity contribution in [3.63, 3.8) is 0 Å². The molecule has 0 saturated carbocycles. The third-order valence-electron chi connectivity index (χ3n) is 10.1. The summed E-state index contributed by atoms with van der Waals surface area (Å²) in [6.45, 7) is 6.04.